The van der Waals surface area contributed by atoms with Crippen molar-refractivity contribution < 1.29 is 4.79 Å². The monoisotopic (exact) mass is 270 g/mol. The Morgan fingerprint density at radius 3 is 2.58 bits per heavy atom. The first-order valence-corrected chi connectivity index (χ1v) is 6.20. The van der Waals surface area contributed by atoms with E-state index < -0.39 is 0 Å². The highest BCUT2D eigenvalue weighted by Crippen LogP contribution is 2.24. The molecule has 3 N–H and O–H groups in total. The summed E-state index contributed by atoms with van der Waals surface area (Å²) in [4.78, 5) is 15.5. The lowest BCUT2D eigenvalue weighted by Crippen LogP contribution is -2.00. The normalized spacial score (nSPS) is 10.8. The third kappa shape index (κ3) is 2.09. The van der Waals surface area contributed by atoms with E-state index in [1.54, 1.807) is 42.6 Å². The molecule has 0 spiro atoms. The van der Waals surface area contributed by atoms with E-state index in [2.05, 4.69) is 4.98 Å². The van der Waals surface area contributed by atoms with Gasteiger partial charge in [0.25, 0.3) is 0 Å². The molecule has 0 fully saturated rings. The molecule has 0 aliphatic rings. The minimum atomic E-state index is -0.0337. The van der Waals surface area contributed by atoms with Crippen LogP contribution < -0.4 is 5.73 Å². The van der Waals surface area contributed by atoms with Gasteiger partial charge in [-0.25, -0.2) is 0 Å². The van der Waals surface area contributed by atoms with E-state index in [9.17, 15) is 4.79 Å². The standard InChI is InChI=1S/C15H11ClN2O/c16-10-3-6-12-13(8-18-14(12)7-10)15(19)9-1-4-11(17)5-2-9/h1-8,18H,17H2. The van der Waals surface area contributed by atoms with Crippen LogP contribution in [0.15, 0.2) is 48.7 Å². The van der Waals surface area contributed by atoms with Crippen LogP contribution in [0.25, 0.3) is 10.9 Å². The van der Waals surface area contributed by atoms with Gasteiger partial charge in [-0.3, -0.25) is 4.79 Å². The quantitative estimate of drug-likeness (QED) is 0.552. The van der Waals surface area contributed by atoms with E-state index in [1.807, 2.05) is 6.07 Å². The maximum Gasteiger partial charge on any atom is 0.195 e. The number of hydrogen-bond donors (Lipinski definition) is 2. The summed E-state index contributed by atoms with van der Waals surface area (Å²) in [5, 5.41) is 1.51. The summed E-state index contributed by atoms with van der Waals surface area (Å²) in [6, 6.07) is 12.3. The Labute approximate surface area is 115 Å². The Morgan fingerprint density at radius 2 is 1.84 bits per heavy atom. The zero-order valence-electron chi connectivity index (χ0n) is 9.98. The van der Waals surface area contributed by atoms with Gasteiger partial charge in [0.05, 0.1) is 0 Å². The van der Waals surface area contributed by atoms with Gasteiger partial charge in [0.2, 0.25) is 0 Å². The van der Waals surface area contributed by atoms with E-state index in [1.165, 1.54) is 0 Å². The Morgan fingerprint density at radius 1 is 1.11 bits per heavy atom. The molecule has 3 rings (SSSR count). The van der Waals surface area contributed by atoms with Gasteiger partial charge in [-0.05, 0) is 36.4 Å². The minimum absolute atomic E-state index is 0.0337. The molecule has 0 radical (unpaired) electrons. The highest BCUT2D eigenvalue weighted by molar-refractivity contribution is 6.31. The Hall–Kier alpha value is -2.26. The topological polar surface area (TPSA) is 58.9 Å². The fourth-order valence-electron chi connectivity index (χ4n) is 2.08. The van der Waals surface area contributed by atoms with E-state index in [4.69, 9.17) is 17.3 Å². The highest BCUT2D eigenvalue weighted by Gasteiger charge is 2.14. The summed E-state index contributed by atoms with van der Waals surface area (Å²) >= 11 is 5.92. The Kier molecular flexibility index (Phi) is 2.76. The number of H-pyrrole nitrogens is 1. The van der Waals surface area contributed by atoms with Crippen molar-refractivity contribution in [1.82, 2.24) is 4.98 Å². The molecule has 1 aromatic heterocycles. The molecule has 2 aromatic carbocycles. The lowest BCUT2D eigenvalue weighted by molar-refractivity contribution is 0.104. The number of hydrogen-bond acceptors (Lipinski definition) is 2. The summed E-state index contributed by atoms with van der Waals surface area (Å²) in [5.41, 5.74) is 8.37. The Balaban J connectivity index is 2.09. The number of fused-ring (bicyclic) bond motifs is 1. The highest BCUT2D eigenvalue weighted by atomic mass is 35.5. The molecule has 0 aliphatic carbocycles. The molecule has 0 aliphatic heterocycles. The number of rotatable bonds is 2. The van der Waals surface area contributed by atoms with Crippen LogP contribution in [0.3, 0.4) is 0 Å². The van der Waals surface area contributed by atoms with Gasteiger partial charge in [-0.2, -0.15) is 0 Å². The predicted molar refractivity (Wildman–Crippen MR) is 77.6 cm³/mol. The average molecular weight is 271 g/mol. The molecular weight excluding hydrogens is 260 g/mol. The zero-order valence-corrected chi connectivity index (χ0v) is 10.7. The van der Waals surface area contributed by atoms with E-state index >= 15 is 0 Å². The summed E-state index contributed by atoms with van der Waals surface area (Å²) in [5.74, 6) is -0.0337. The summed E-state index contributed by atoms with van der Waals surface area (Å²) < 4.78 is 0. The smallest absolute Gasteiger partial charge is 0.195 e. The number of anilines is 1. The number of nitrogens with two attached hydrogens (primary N) is 1. The van der Waals surface area contributed by atoms with Gasteiger partial charge in [0.15, 0.2) is 5.78 Å². The van der Waals surface area contributed by atoms with Gasteiger partial charge in [-0.1, -0.05) is 17.7 Å². The molecule has 0 unspecified atom stereocenters. The summed E-state index contributed by atoms with van der Waals surface area (Å²) in [7, 11) is 0. The van der Waals surface area contributed by atoms with Crippen molar-refractivity contribution in [3.8, 4) is 0 Å². The number of carbonyl (C=O) groups excluding carboxylic acids is 1. The lowest BCUT2D eigenvalue weighted by atomic mass is 10.0. The van der Waals surface area contributed by atoms with E-state index in [0.717, 1.165) is 10.9 Å². The van der Waals surface area contributed by atoms with E-state index in [0.29, 0.717) is 21.8 Å². The molecule has 0 saturated carbocycles. The number of aromatic amines is 1. The molecule has 0 saturated heterocycles. The molecule has 3 nitrogen and oxygen atoms in total. The summed E-state index contributed by atoms with van der Waals surface area (Å²) in [6.07, 6.45) is 1.71. The van der Waals surface area contributed by atoms with E-state index in [-0.39, 0.29) is 5.78 Å². The first kappa shape index (κ1) is 11.8. The number of benzene rings is 2. The van der Waals surface area contributed by atoms with Gasteiger partial charge in [-0.15, -0.1) is 0 Å². The van der Waals surface area contributed by atoms with Crippen molar-refractivity contribution in [2.45, 2.75) is 0 Å². The summed E-state index contributed by atoms with van der Waals surface area (Å²) in [6.45, 7) is 0. The maximum atomic E-state index is 12.4. The second kappa shape index (κ2) is 4.44. The fraction of sp³-hybridized carbons (Fsp3) is 0. The van der Waals surface area contributed by atoms with Gasteiger partial charge < -0.3 is 10.7 Å². The van der Waals surface area contributed by atoms with Gasteiger partial charge >= 0.3 is 0 Å². The fourth-order valence-corrected chi connectivity index (χ4v) is 2.25. The molecule has 19 heavy (non-hydrogen) atoms. The molecule has 4 heteroatoms. The Bertz CT molecular complexity index is 759. The van der Waals surface area contributed by atoms with Crippen molar-refractivity contribution >= 4 is 34.0 Å². The second-order valence-electron chi connectivity index (χ2n) is 4.34. The number of halogens is 1. The van der Waals surface area contributed by atoms with Crippen molar-refractivity contribution in [2.75, 3.05) is 5.73 Å². The SMILES string of the molecule is Nc1ccc(C(=O)c2c[nH]c3cc(Cl)ccc23)cc1. The molecule has 3 aromatic rings. The van der Waals surface area contributed by atoms with Crippen LogP contribution in [0.4, 0.5) is 5.69 Å². The van der Waals surface area contributed by atoms with Crippen molar-refractivity contribution in [3.63, 3.8) is 0 Å². The van der Waals surface area contributed by atoms with Gasteiger partial charge in [0.1, 0.15) is 0 Å². The molecule has 94 valence electrons. The molecule has 0 bridgehead atoms. The number of ketones is 1. The largest absolute Gasteiger partial charge is 0.399 e. The van der Waals surface area contributed by atoms with Crippen LogP contribution in [0.1, 0.15) is 15.9 Å². The first-order chi connectivity index (χ1) is 9.15. The molecular formula is C15H11ClN2O. The van der Waals surface area contributed by atoms with Crippen LogP contribution >= 0.6 is 11.6 Å². The third-order valence-electron chi connectivity index (χ3n) is 3.06. The van der Waals surface area contributed by atoms with Crippen LogP contribution in [0.2, 0.25) is 5.02 Å². The predicted octanol–water partition coefficient (Wildman–Crippen LogP) is 3.63. The van der Waals surface area contributed by atoms with Crippen LogP contribution in [0.5, 0.6) is 0 Å². The van der Waals surface area contributed by atoms with Crippen LogP contribution in [-0.2, 0) is 0 Å². The molecule has 0 amide bonds. The number of aromatic nitrogens is 1. The first-order valence-electron chi connectivity index (χ1n) is 5.82. The van der Waals surface area contributed by atoms with Crippen molar-refractivity contribution in [1.29, 1.82) is 0 Å². The van der Waals surface area contributed by atoms with Crippen LogP contribution in [0, 0.1) is 0 Å². The van der Waals surface area contributed by atoms with Crippen molar-refractivity contribution in [2.24, 2.45) is 0 Å². The van der Waals surface area contributed by atoms with Crippen LogP contribution in [-0.4, -0.2) is 10.8 Å². The zero-order chi connectivity index (χ0) is 13.4. The van der Waals surface area contributed by atoms with Crippen molar-refractivity contribution in [3.05, 3.63) is 64.8 Å². The molecule has 1 heterocycles. The number of carbonyl (C=O) groups is 1. The lowest BCUT2D eigenvalue weighted by Gasteiger charge is -2.00. The maximum absolute atomic E-state index is 12.4. The minimum Gasteiger partial charge on any atom is -0.399 e. The average Bonchev–Trinajstić information content (AvgIpc) is 2.81. The number of nitrogens with one attached hydrogen (secondary N) is 1. The van der Waals surface area contributed by atoms with Gasteiger partial charge in [0, 0.05) is 38.9 Å². The second-order valence-corrected chi connectivity index (χ2v) is 4.78. The third-order valence-corrected chi connectivity index (χ3v) is 3.30. The number of nitrogen functional groups attached to an aromatic ring is 1. The molecule has 0 atom stereocenters.